The summed E-state index contributed by atoms with van der Waals surface area (Å²) in [6.07, 6.45) is 11.4. The molecule has 0 saturated carbocycles. The molecule has 5 atom stereocenters. The van der Waals surface area contributed by atoms with E-state index in [0.717, 1.165) is 24.9 Å². The molecule has 0 fully saturated rings. The van der Waals surface area contributed by atoms with Crippen LogP contribution in [0.3, 0.4) is 0 Å². The Morgan fingerprint density at radius 3 is 2.45 bits per heavy atom. The van der Waals surface area contributed by atoms with Gasteiger partial charge in [0.1, 0.15) is 5.82 Å². The number of Topliss-reactive ketones (excluding diaryl/α,β-unsaturated/α-hetero) is 1. The lowest BCUT2D eigenvalue weighted by Crippen LogP contribution is -2.46. The van der Waals surface area contributed by atoms with Crippen LogP contribution in [-0.4, -0.2) is 12.3 Å². The molecule has 0 saturated heterocycles. The first-order valence-electron chi connectivity index (χ1n) is 10.7. The van der Waals surface area contributed by atoms with E-state index in [4.69, 9.17) is 0 Å². The largest absolute Gasteiger partial charge is 0.363 e. The minimum atomic E-state index is -0.184. The van der Waals surface area contributed by atoms with Gasteiger partial charge in [-0.25, -0.2) is 4.39 Å². The molecule has 29 heavy (non-hydrogen) atoms. The summed E-state index contributed by atoms with van der Waals surface area (Å²) in [7, 11) is 0. The van der Waals surface area contributed by atoms with Crippen LogP contribution in [0.25, 0.3) is 0 Å². The van der Waals surface area contributed by atoms with E-state index in [9.17, 15) is 9.18 Å². The van der Waals surface area contributed by atoms with E-state index in [1.54, 1.807) is 19.1 Å². The molecule has 0 aromatic heterocycles. The van der Waals surface area contributed by atoms with Crippen molar-refractivity contribution in [3.63, 3.8) is 0 Å². The monoisotopic (exact) mass is 385 g/mol. The van der Waals surface area contributed by atoms with Gasteiger partial charge >= 0.3 is 0 Å². The Morgan fingerprint density at radius 2 is 1.69 bits per heavy atom. The zero-order valence-electron chi connectivity index (χ0n) is 16.5. The average molecular weight is 385 g/mol. The van der Waals surface area contributed by atoms with Crippen molar-refractivity contribution in [2.45, 2.75) is 37.6 Å². The Labute approximate surface area is 170 Å². The van der Waals surface area contributed by atoms with Gasteiger partial charge < -0.3 is 4.90 Å². The molecular weight excluding hydrogens is 361 g/mol. The van der Waals surface area contributed by atoms with Crippen molar-refractivity contribution in [3.05, 3.63) is 88.8 Å². The molecule has 2 aromatic carbocycles. The first-order chi connectivity index (χ1) is 14.1. The summed E-state index contributed by atoms with van der Waals surface area (Å²) in [6, 6.07) is 11.6. The number of ketones is 1. The third kappa shape index (κ3) is 2.43. The van der Waals surface area contributed by atoms with E-state index < -0.39 is 0 Å². The molecule has 2 heterocycles. The number of hydrogen-bond donors (Lipinski definition) is 0. The van der Waals surface area contributed by atoms with Gasteiger partial charge in [-0.1, -0.05) is 36.4 Å². The number of anilines is 1. The van der Waals surface area contributed by atoms with Crippen LogP contribution >= 0.6 is 0 Å². The molecule has 4 aliphatic rings. The zero-order valence-corrected chi connectivity index (χ0v) is 16.5. The quantitative estimate of drug-likeness (QED) is 0.472. The first kappa shape index (κ1) is 17.2. The van der Waals surface area contributed by atoms with E-state index in [1.165, 1.54) is 22.4 Å². The molecule has 2 aliphatic heterocycles. The molecule has 146 valence electrons. The number of fused-ring (bicyclic) bond motifs is 4. The maximum absolute atomic E-state index is 13.6. The molecule has 2 nitrogen and oxygen atoms in total. The van der Waals surface area contributed by atoms with Gasteiger partial charge in [-0.3, -0.25) is 4.79 Å². The van der Waals surface area contributed by atoms with E-state index in [0.29, 0.717) is 23.7 Å². The molecule has 0 spiro atoms. The Kier molecular flexibility index (Phi) is 3.65. The first-order valence-corrected chi connectivity index (χ1v) is 10.7. The third-order valence-corrected chi connectivity index (χ3v) is 7.47. The Bertz CT molecular complexity index is 1050. The summed E-state index contributed by atoms with van der Waals surface area (Å²) in [4.78, 5) is 14.9. The summed E-state index contributed by atoms with van der Waals surface area (Å²) in [5.74, 6) is 1.64. The lowest BCUT2D eigenvalue weighted by atomic mass is 9.70. The zero-order chi connectivity index (χ0) is 19.7. The van der Waals surface area contributed by atoms with E-state index in [-0.39, 0.29) is 17.6 Å². The second-order valence-corrected chi connectivity index (χ2v) is 9.01. The standard InChI is InChI=1S/C26H24FNO/c1-15(29)18-12-23-20-5-2-4-17(20)14-28-25(16-8-10-19(27)11-9-16)22-7-3-6-21(22)24(13-18)26(23)28/h2-3,5-6,8-13,17,20-22,25H,4,7,14H2,1H3/t17-,20+,21+,22+,25+/m1/s1. The molecule has 0 amide bonds. The van der Waals surface area contributed by atoms with Crippen molar-refractivity contribution >= 4 is 11.5 Å². The van der Waals surface area contributed by atoms with Crippen molar-refractivity contribution in [2.75, 3.05) is 11.4 Å². The van der Waals surface area contributed by atoms with Crippen molar-refractivity contribution in [3.8, 4) is 0 Å². The average Bonchev–Trinajstić information content (AvgIpc) is 3.38. The van der Waals surface area contributed by atoms with E-state index in [1.807, 2.05) is 12.1 Å². The van der Waals surface area contributed by atoms with Gasteiger partial charge in [0.25, 0.3) is 0 Å². The van der Waals surface area contributed by atoms with Crippen molar-refractivity contribution in [2.24, 2.45) is 11.8 Å². The van der Waals surface area contributed by atoms with Gasteiger partial charge in [0.15, 0.2) is 5.78 Å². The highest BCUT2D eigenvalue weighted by atomic mass is 19.1. The Morgan fingerprint density at radius 1 is 1.00 bits per heavy atom. The highest BCUT2D eigenvalue weighted by Gasteiger charge is 2.47. The van der Waals surface area contributed by atoms with Crippen LogP contribution < -0.4 is 4.90 Å². The van der Waals surface area contributed by atoms with Crippen LogP contribution in [0.2, 0.25) is 0 Å². The lowest BCUT2D eigenvalue weighted by molar-refractivity contribution is 0.101. The summed E-state index contributed by atoms with van der Waals surface area (Å²) in [5.41, 5.74) is 5.97. The number of hydrogen-bond acceptors (Lipinski definition) is 2. The fraction of sp³-hybridized carbons (Fsp3) is 0.346. The van der Waals surface area contributed by atoms with Gasteiger partial charge in [-0.2, -0.15) is 0 Å². The SMILES string of the molecule is CC(=O)c1cc2c3c(c1)[C@H]1C=CC[C@@H]1[C@H](c1ccc(F)cc1)N3C[C@H]1CC=C[C@H]21. The highest BCUT2D eigenvalue weighted by Crippen LogP contribution is 2.58. The molecular formula is C26H24FNO. The fourth-order valence-corrected chi connectivity index (χ4v) is 6.22. The number of allylic oxidation sites excluding steroid dienone is 4. The molecule has 3 heteroatoms. The Hall–Kier alpha value is -2.68. The van der Waals surface area contributed by atoms with E-state index >= 15 is 0 Å². The van der Waals surface area contributed by atoms with Crippen molar-refractivity contribution in [1.29, 1.82) is 0 Å². The smallest absolute Gasteiger partial charge is 0.159 e. The summed E-state index contributed by atoms with van der Waals surface area (Å²) < 4.78 is 13.6. The molecule has 2 aliphatic carbocycles. The lowest BCUT2D eigenvalue weighted by Gasteiger charge is -2.51. The number of carbonyl (C=O) groups excluding carboxylic acids is 1. The predicted molar refractivity (Wildman–Crippen MR) is 113 cm³/mol. The number of benzene rings is 2. The van der Waals surface area contributed by atoms with Gasteiger partial charge in [0.2, 0.25) is 0 Å². The molecule has 0 radical (unpaired) electrons. The maximum atomic E-state index is 13.6. The number of carbonyl (C=O) groups is 1. The number of nitrogens with zero attached hydrogens (tertiary/aromatic N) is 1. The van der Waals surface area contributed by atoms with Gasteiger partial charge in [0, 0.05) is 29.6 Å². The number of rotatable bonds is 2. The molecule has 0 bridgehead atoms. The molecule has 0 N–H and O–H groups in total. The topological polar surface area (TPSA) is 20.3 Å². The highest BCUT2D eigenvalue weighted by molar-refractivity contribution is 5.95. The number of halogens is 1. The molecule has 2 aromatic rings. The van der Waals surface area contributed by atoms with Crippen LogP contribution in [0.1, 0.15) is 64.7 Å². The maximum Gasteiger partial charge on any atom is 0.159 e. The van der Waals surface area contributed by atoms with Crippen LogP contribution in [0, 0.1) is 17.7 Å². The molecule has 6 rings (SSSR count). The summed E-state index contributed by atoms with van der Waals surface area (Å²) in [6.45, 7) is 2.69. The molecule has 0 unspecified atom stereocenters. The van der Waals surface area contributed by atoms with Crippen molar-refractivity contribution < 1.29 is 9.18 Å². The van der Waals surface area contributed by atoms with Gasteiger partial charge in [0.05, 0.1) is 6.04 Å². The van der Waals surface area contributed by atoms with Gasteiger partial charge in [-0.05, 0) is 72.6 Å². The fourth-order valence-electron chi connectivity index (χ4n) is 6.22. The van der Waals surface area contributed by atoms with Crippen LogP contribution in [0.15, 0.2) is 60.7 Å². The van der Waals surface area contributed by atoms with Gasteiger partial charge in [-0.15, -0.1) is 0 Å². The van der Waals surface area contributed by atoms with Crippen LogP contribution in [0.4, 0.5) is 10.1 Å². The second-order valence-electron chi connectivity index (χ2n) is 9.01. The third-order valence-electron chi connectivity index (χ3n) is 7.47. The second kappa shape index (κ2) is 6.16. The Balaban J connectivity index is 1.59. The normalized spacial score (nSPS) is 30.8. The predicted octanol–water partition coefficient (Wildman–Crippen LogP) is 5.92. The minimum absolute atomic E-state index is 0.138. The summed E-state index contributed by atoms with van der Waals surface area (Å²) in [5, 5.41) is 0. The summed E-state index contributed by atoms with van der Waals surface area (Å²) >= 11 is 0. The minimum Gasteiger partial charge on any atom is -0.363 e. The van der Waals surface area contributed by atoms with Crippen molar-refractivity contribution in [1.82, 2.24) is 0 Å². The van der Waals surface area contributed by atoms with Crippen LogP contribution in [-0.2, 0) is 0 Å². The van der Waals surface area contributed by atoms with E-state index in [2.05, 4.69) is 41.3 Å². The van der Waals surface area contributed by atoms with Crippen LogP contribution in [0.5, 0.6) is 0 Å².